The molecule has 0 radical (unpaired) electrons. The maximum absolute atomic E-state index is 5.56. The van der Waals surface area contributed by atoms with E-state index in [4.69, 9.17) is 9.47 Å². The van der Waals surface area contributed by atoms with E-state index in [1.165, 1.54) is 5.56 Å². The van der Waals surface area contributed by atoms with Gasteiger partial charge in [-0.15, -0.1) is 0 Å². The van der Waals surface area contributed by atoms with Crippen molar-refractivity contribution in [3.05, 3.63) is 35.9 Å². The average Bonchev–Trinajstić information content (AvgIpc) is 2.54. The van der Waals surface area contributed by atoms with E-state index in [9.17, 15) is 0 Å². The summed E-state index contributed by atoms with van der Waals surface area (Å²) in [4.78, 5) is 4.46. The number of ether oxygens (including phenoxy) is 2. The van der Waals surface area contributed by atoms with Crippen LogP contribution in [0.5, 0.6) is 0 Å². The predicted molar refractivity (Wildman–Crippen MR) is 91.2 cm³/mol. The van der Waals surface area contributed by atoms with Gasteiger partial charge in [0.05, 0.1) is 19.8 Å². The zero-order valence-electron chi connectivity index (χ0n) is 13.8. The fourth-order valence-electron chi connectivity index (χ4n) is 1.85. The van der Waals surface area contributed by atoms with Crippen molar-refractivity contribution in [1.29, 1.82) is 0 Å². The van der Waals surface area contributed by atoms with Gasteiger partial charge >= 0.3 is 0 Å². The molecule has 2 N–H and O–H groups in total. The van der Waals surface area contributed by atoms with Gasteiger partial charge in [-0.1, -0.05) is 30.3 Å². The van der Waals surface area contributed by atoms with Crippen LogP contribution in [0.1, 0.15) is 25.8 Å². The Hall–Kier alpha value is -1.59. The molecule has 0 unspecified atom stereocenters. The summed E-state index contributed by atoms with van der Waals surface area (Å²) in [6, 6.07) is 10.2. The number of benzene rings is 1. The van der Waals surface area contributed by atoms with Gasteiger partial charge < -0.3 is 20.1 Å². The van der Waals surface area contributed by atoms with E-state index in [-0.39, 0.29) is 0 Å². The summed E-state index contributed by atoms with van der Waals surface area (Å²) >= 11 is 0. The van der Waals surface area contributed by atoms with Crippen molar-refractivity contribution in [2.45, 2.75) is 26.9 Å². The number of nitrogens with one attached hydrogen (secondary N) is 2. The summed E-state index contributed by atoms with van der Waals surface area (Å²) in [5, 5.41) is 6.39. The zero-order chi connectivity index (χ0) is 15.9. The number of rotatable bonds is 11. The average molecular weight is 307 g/mol. The summed E-state index contributed by atoms with van der Waals surface area (Å²) in [6.45, 7) is 9.24. The summed E-state index contributed by atoms with van der Waals surface area (Å²) < 4.78 is 11.1. The molecule has 0 atom stereocenters. The second-order valence-corrected chi connectivity index (χ2v) is 4.80. The lowest BCUT2D eigenvalue weighted by atomic mass is 10.2. The Labute approximate surface area is 134 Å². The number of hydrogen-bond donors (Lipinski definition) is 2. The molecule has 1 aromatic rings. The van der Waals surface area contributed by atoms with Crippen molar-refractivity contribution in [2.24, 2.45) is 4.99 Å². The lowest BCUT2D eigenvalue weighted by Gasteiger charge is -2.09. The third-order valence-corrected chi connectivity index (χ3v) is 2.89. The van der Waals surface area contributed by atoms with Crippen LogP contribution in [0.3, 0.4) is 0 Å². The van der Waals surface area contributed by atoms with Gasteiger partial charge in [0.15, 0.2) is 5.96 Å². The third-order valence-electron chi connectivity index (χ3n) is 2.89. The van der Waals surface area contributed by atoms with Crippen LogP contribution in [0.15, 0.2) is 35.3 Å². The molecule has 0 saturated heterocycles. The molecule has 0 heterocycles. The Morgan fingerprint density at radius 3 is 2.32 bits per heavy atom. The second-order valence-electron chi connectivity index (χ2n) is 4.80. The van der Waals surface area contributed by atoms with E-state index in [0.717, 1.165) is 32.0 Å². The molecule has 5 nitrogen and oxygen atoms in total. The second kappa shape index (κ2) is 13.1. The van der Waals surface area contributed by atoms with Crippen molar-refractivity contribution in [2.75, 3.05) is 39.5 Å². The van der Waals surface area contributed by atoms with Crippen LogP contribution in [0, 0.1) is 0 Å². The van der Waals surface area contributed by atoms with E-state index in [2.05, 4.69) is 41.6 Å². The van der Waals surface area contributed by atoms with E-state index in [1.54, 1.807) is 0 Å². The highest BCUT2D eigenvalue weighted by molar-refractivity contribution is 5.79. The van der Waals surface area contributed by atoms with Crippen LogP contribution in [-0.4, -0.2) is 45.4 Å². The van der Waals surface area contributed by atoms with Crippen molar-refractivity contribution in [3.63, 3.8) is 0 Å². The van der Waals surface area contributed by atoms with Gasteiger partial charge in [-0.05, 0) is 25.8 Å². The van der Waals surface area contributed by atoms with Gasteiger partial charge in [-0.25, -0.2) is 0 Å². The van der Waals surface area contributed by atoms with E-state index < -0.39 is 0 Å². The first-order valence-electron chi connectivity index (χ1n) is 8.08. The summed E-state index contributed by atoms with van der Waals surface area (Å²) in [7, 11) is 0. The minimum absolute atomic E-state index is 0.623. The molecular weight excluding hydrogens is 278 g/mol. The van der Waals surface area contributed by atoms with Gasteiger partial charge in [-0.3, -0.25) is 4.99 Å². The molecule has 0 saturated carbocycles. The molecule has 0 aromatic heterocycles. The van der Waals surface area contributed by atoms with Crippen LogP contribution in [0.2, 0.25) is 0 Å². The third kappa shape index (κ3) is 9.37. The van der Waals surface area contributed by atoms with Crippen molar-refractivity contribution in [3.8, 4) is 0 Å². The van der Waals surface area contributed by atoms with Crippen molar-refractivity contribution < 1.29 is 9.47 Å². The number of guanidine groups is 1. The van der Waals surface area contributed by atoms with Crippen LogP contribution in [-0.2, 0) is 16.1 Å². The molecule has 0 aliphatic rings. The summed E-state index contributed by atoms with van der Waals surface area (Å²) in [5.74, 6) is 0.871. The van der Waals surface area contributed by atoms with E-state index >= 15 is 0 Å². The van der Waals surface area contributed by atoms with E-state index in [1.807, 2.05) is 18.2 Å². The SMILES string of the molecule is CCNC(=NCCCOCCOCc1ccccc1)NCC. The van der Waals surface area contributed by atoms with Crippen LogP contribution >= 0.6 is 0 Å². The van der Waals surface area contributed by atoms with Crippen LogP contribution in [0.4, 0.5) is 0 Å². The Balaban J connectivity index is 1.95. The van der Waals surface area contributed by atoms with Crippen molar-refractivity contribution in [1.82, 2.24) is 10.6 Å². The summed E-state index contributed by atoms with van der Waals surface area (Å²) in [6.07, 6.45) is 0.916. The van der Waals surface area contributed by atoms with Gasteiger partial charge in [0, 0.05) is 26.2 Å². The van der Waals surface area contributed by atoms with E-state index in [0.29, 0.717) is 26.4 Å². The lowest BCUT2D eigenvalue weighted by Crippen LogP contribution is -2.37. The molecular formula is C17H29N3O2. The quantitative estimate of drug-likeness (QED) is 0.374. The molecule has 0 amide bonds. The first kappa shape index (κ1) is 18.5. The maximum atomic E-state index is 5.56. The predicted octanol–water partition coefficient (Wildman–Crippen LogP) is 2.18. The van der Waals surface area contributed by atoms with Gasteiger partial charge in [0.25, 0.3) is 0 Å². The smallest absolute Gasteiger partial charge is 0.191 e. The van der Waals surface area contributed by atoms with Gasteiger partial charge in [0.2, 0.25) is 0 Å². The molecule has 1 rings (SSSR count). The lowest BCUT2D eigenvalue weighted by molar-refractivity contribution is 0.0403. The molecule has 0 bridgehead atoms. The number of hydrogen-bond acceptors (Lipinski definition) is 3. The highest BCUT2D eigenvalue weighted by Gasteiger charge is 1.95. The fraction of sp³-hybridized carbons (Fsp3) is 0.588. The Bertz CT molecular complexity index is 388. The molecule has 1 aromatic carbocycles. The number of aliphatic imine (C=N–C) groups is 1. The largest absolute Gasteiger partial charge is 0.379 e. The fourth-order valence-corrected chi connectivity index (χ4v) is 1.85. The highest BCUT2D eigenvalue weighted by Crippen LogP contribution is 2.00. The molecule has 0 fully saturated rings. The first-order chi connectivity index (χ1) is 10.9. The van der Waals surface area contributed by atoms with Crippen LogP contribution in [0.25, 0.3) is 0 Å². The molecule has 22 heavy (non-hydrogen) atoms. The minimum atomic E-state index is 0.623. The van der Waals surface area contributed by atoms with Gasteiger partial charge in [-0.2, -0.15) is 0 Å². The zero-order valence-corrected chi connectivity index (χ0v) is 13.8. The molecule has 0 aliphatic heterocycles. The standard InChI is InChI=1S/C17H29N3O2/c1-3-18-17(19-4-2)20-11-8-12-21-13-14-22-15-16-9-6-5-7-10-16/h5-7,9-10H,3-4,8,11-15H2,1-2H3,(H2,18,19,20). The maximum Gasteiger partial charge on any atom is 0.191 e. The van der Waals surface area contributed by atoms with Crippen LogP contribution < -0.4 is 10.6 Å². The van der Waals surface area contributed by atoms with Crippen molar-refractivity contribution >= 4 is 5.96 Å². The molecule has 124 valence electrons. The Morgan fingerprint density at radius 2 is 1.64 bits per heavy atom. The highest BCUT2D eigenvalue weighted by atomic mass is 16.5. The van der Waals surface area contributed by atoms with Gasteiger partial charge in [0.1, 0.15) is 0 Å². The Morgan fingerprint density at radius 1 is 0.955 bits per heavy atom. The minimum Gasteiger partial charge on any atom is -0.379 e. The first-order valence-corrected chi connectivity index (χ1v) is 8.08. The summed E-state index contributed by atoms with van der Waals surface area (Å²) in [5.41, 5.74) is 1.19. The molecule has 0 aliphatic carbocycles. The molecule has 0 spiro atoms. The topological polar surface area (TPSA) is 54.9 Å². The normalized spacial score (nSPS) is 10.3. The number of nitrogens with zero attached hydrogens (tertiary/aromatic N) is 1. The molecule has 5 heteroatoms. The Kier molecular flexibility index (Phi) is 11.0. The monoisotopic (exact) mass is 307 g/mol.